The zero-order valence-corrected chi connectivity index (χ0v) is 14.9. The predicted molar refractivity (Wildman–Crippen MR) is 95.4 cm³/mol. The number of amides is 1. The first-order valence-corrected chi connectivity index (χ1v) is 9.42. The maximum atomic E-state index is 12.1. The van der Waals surface area contributed by atoms with E-state index in [1.165, 1.54) is 31.4 Å². The zero-order valence-electron chi connectivity index (χ0n) is 13.4. The van der Waals surface area contributed by atoms with Crippen LogP contribution in [-0.2, 0) is 25.1 Å². The first-order valence-electron chi connectivity index (χ1n) is 7.22. The van der Waals surface area contributed by atoms with Gasteiger partial charge in [-0.05, 0) is 42.0 Å². The van der Waals surface area contributed by atoms with E-state index in [1.54, 1.807) is 24.3 Å². The SMILES string of the molecule is COC(=O)c1ccc(NC(=O)CS(=O)(=O)Cc2ccc(Cl)cc2)cc1. The van der Waals surface area contributed by atoms with Gasteiger partial charge in [0.1, 0.15) is 5.75 Å². The molecule has 0 spiro atoms. The van der Waals surface area contributed by atoms with Gasteiger partial charge in [-0.1, -0.05) is 23.7 Å². The van der Waals surface area contributed by atoms with Crippen molar-refractivity contribution in [1.29, 1.82) is 0 Å². The molecule has 0 bridgehead atoms. The second-order valence-electron chi connectivity index (χ2n) is 5.28. The van der Waals surface area contributed by atoms with E-state index in [0.29, 0.717) is 21.8 Å². The summed E-state index contributed by atoms with van der Waals surface area (Å²) in [6.45, 7) is 0. The van der Waals surface area contributed by atoms with Crippen LogP contribution in [0.4, 0.5) is 5.69 Å². The minimum atomic E-state index is -3.62. The van der Waals surface area contributed by atoms with Gasteiger partial charge in [-0.2, -0.15) is 0 Å². The largest absolute Gasteiger partial charge is 0.465 e. The maximum absolute atomic E-state index is 12.1. The molecule has 0 atom stereocenters. The lowest BCUT2D eigenvalue weighted by Crippen LogP contribution is -2.24. The van der Waals surface area contributed by atoms with Gasteiger partial charge in [0.05, 0.1) is 18.4 Å². The third-order valence-corrected chi connectivity index (χ3v) is 4.97. The highest BCUT2D eigenvalue weighted by Gasteiger charge is 2.18. The number of nitrogens with one attached hydrogen (secondary N) is 1. The molecular formula is C17H16ClNO5S. The summed E-state index contributed by atoms with van der Waals surface area (Å²) in [5.41, 5.74) is 1.27. The molecule has 8 heteroatoms. The molecule has 132 valence electrons. The average Bonchev–Trinajstić information content (AvgIpc) is 2.56. The number of methoxy groups -OCH3 is 1. The van der Waals surface area contributed by atoms with Crippen molar-refractivity contribution >= 4 is 39.0 Å². The van der Waals surface area contributed by atoms with Crippen molar-refractivity contribution in [3.63, 3.8) is 0 Å². The van der Waals surface area contributed by atoms with E-state index >= 15 is 0 Å². The van der Waals surface area contributed by atoms with Crippen LogP contribution < -0.4 is 5.32 Å². The summed E-state index contributed by atoms with van der Waals surface area (Å²) in [7, 11) is -2.35. The molecule has 2 aromatic carbocycles. The predicted octanol–water partition coefficient (Wildman–Crippen LogP) is 2.68. The molecule has 2 rings (SSSR count). The van der Waals surface area contributed by atoms with Crippen molar-refractivity contribution in [3.05, 3.63) is 64.7 Å². The molecule has 0 aliphatic carbocycles. The fraction of sp³-hybridized carbons (Fsp3) is 0.176. The molecule has 25 heavy (non-hydrogen) atoms. The molecule has 0 aliphatic heterocycles. The van der Waals surface area contributed by atoms with Gasteiger partial charge in [-0.3, -0.25) is 4.79 Å². The summed E-state index contributed by atoms with van der Waals surface area (Å²) < 4.78 is 28.8. The second kappa shape index (κ2) is 8.13. The third kappa shape index (κ3) is 5.88. The van der Waals surface area contributed by atoms with Gasteiger partial charge >= 0.3 is 5.97 Å². The zero-order chi connectivity index (χ0) is 18.4. The Morgan fingerprint density at radius 1 is 1.04 bits per heavy atom. The fourth-order valence-electron chi connectivity index (χ4n) is 2.09. The molecule has 0 heterocycles. The van der Waals surface area contributed by atoms with E-state index in [1.807, 2.05) is 0 Å². The summed E-state index contributed by atoms with van der Waals surface area (Å²) in [5.74, 6) is -2.05. The number of carbonyl (C=O) groups is 2. The molecule has 0 saturated heterocycles. The van der Waals surface area contributed by atoms with Crippen LogP contribution in [0.3, 0.4) is 0 Å². The minimum Gasteiger partial charge on any atom is -0.465 e. The van der Waals surface area contributed by atoms with Crippen molar-refractivity contribution in [1.82, 2.24) is 0 Å². The number of halogens is 1. The normalized spacial score (nSPS) is 11.0. The first kappa shape index (κ1) is 19.0. The van der Waals surface area contributed by atoms with Crippen LogP contribution in [0.5, 0.6) is 0 Å². The van der Waals surface area contributed by atoms with Gasteiger partial charge in [-0.25, -0.2) is 13.2 Å². The number of benzene rings is 2. The van der Waals surface area contributed by atoms with Crippen LogP contribution in [0.1, 0.15) is 15.9 Å². The maximum Gasteiger partial charge on any atom is 0.337 e. The smallest absolute Gasteiger partial charge is 0.337 e. The fourth-order valence-corrected chi connectivity index (χ4v) is 3.49. The molecule has 2 aromatic rings. The summed E-state index contributed by atoms with van der Waals surface area (Å²) in [6.07, 6.45) is 0. The van der Waals surface area contributed by atoms with Gasteiger partial charge < -0.3 is 10.1 Å². The van der Waals surface area contributed by atoms with Gasteiger partial charge in [0, 0.05) is 10.7 Å². The standard InChI is InChI=1S/C17H16ClNO5S/c1-24-17(21)13-4-8-15(9-5-13)19-16(20)11-25(22,23)10-12-2-6-14(18)7-3-12/h2-9H,10-11H2,1H3,(H,19,20). The van der Waals surface area contributed by atoms with E-state index in [4.69, 9.17) is 11.6 Å². The number of carbonyl (C=O) groups excluding carboxylic acids is 2. The quantitative estimate of drug-likeness (QED) is 0.777. The topological polar surface area (TPSA) is 89.5 Å². The number of hydrogen-bond donors (Lipinski definition) is 1. The molecule has 0 unspecified atom stereocenters. The Morgan fingerprint density at radius 2 is 1.64 bits per heavy atom. The van der Waals surface area contributed by atoms with E-state index in [2.05, 4.69) is 10.1 Å². The van der Waals surface area contributed by atoms with Crippen LogP contribution >= 0.6 is 11.6 Å². The molecule has 0 saturated carbocycles. The van der Waals surface area contributed by atoms with E-state index in [9.17, 15) is 18.0 Å². The minimum absolute atomic E-state index is 0.251. The summed E-state index contributed by atoms with van der Waals surface area (Å²) in [6, 6.07) is 12.3. The highest BCUT2D eigenvalue weighted by Crippen LogP contribution is 2.14. The van der Waals surface area contributed by atoms with Crippen molar-refractivity contribution < 1.29 is 22.7 Å². The Bertz CT molecular complexity index is 861. The number of rotatable bonds is 6. The Morgan fingerprint density at radius 3 is 2.20 bits per heavy atom. The van der Waals surface area contributed by atoms with Crippen LogP contribution in [0, 0.1) is 0 Å². The lowest BCUT2D eigenvalue weighted by Gasteiger charge is -2.07. The van der Waals surface area contributed by atoms with Crippen molar-refractivity contribution in [3.8, 4) is 0 Å². The monoisotopic (exact) mass is 381 g/mol. The number of esters is 1. The third-order valence-electron chi connectivity index (χ3n) is 3.24. The lowest BCUT2D eigenvalue weighted by molar-refractivity contribution is -0.113. The van der Waals surface area contributed by atoms with E-state index in [0.717, 1.165) is 0 Å². The van der Waals surface area contributed by atoms with Crippen LogP contribution in [0.25, 0.3) is 0 Å². The molecule has 0 aliphatic rings. The Kier molecular flexibility index (Phi) is 6.17. The second-order valence-corrected chi connectivity index (χ2v) is 7.78. The lowest BCUT2D eigenvalue weighted by atomic mass is 10.2. The molecule has 6 nitrogen and oxygen atoms in total. The molecule has 1 N–H and O–H groups in total. The molecule has 1 amide bonds. The van der Waals surface area contributed by atoms with Crippen LogP contribution in [-0.4, -0.2) is 33.2 Å². The van der Waals surface area contributed by atoms with Crippen molar-refractivity contribution in [2.75, 3.05) is 18.2 Å². The highest BCUT2D eigenvalue weighted by molar-refractivity contribution is 7.91. The number of hydrogen-bond acceptors (Lipinski definition) is 5. The first-order chi connectivity index (χ1) is 11.8. The van der Waals surface area contributed by atoms with Gasteiger partial charge in [0.2, 0.25) is 5.91 Å². The van der Waals surface area contributed by atoms with Gasteiger partial charge in [0.15, 0.2) is 9.84 Å². The Balaban J connectivity index is 1.96. The Labute approximate surface area is 150 Å². The van der Waals surface area contributed by atoms with E-state index in [-0.39, 0.29) is 5.75 Å². The molecule has 0 fully saturated rings. The average molecular weight is 382 g/mol. The summed E-state index contributed by atoms with van der Waals surface area (Å²) in [4.78, 5) is 23.3. The van der Waals surface area contributed by atoms with Crippen LogP contribution in [0.2, 0.25) is 5.02 Å². The Hall–Kier alpha value is -2.38. The summed E-state index contributed by atoms with van der Waals surface area (Å²) >= 11 is 5.75. The van der Waals surface area contributed by atoms with Crippen molar-refractivity contribution in [2.45, 2.75) is 5.75 Å². The van der Waals surface area contributed by atoms with Gasteiger partial charge in [-0.15, -0.1) is 0 Å². The van der Waals surface area contributed by atoms with Crippen molar-refractivity contribution in [2.24, 2.45) is 0 Å². The number of sulfone groups is 1. The van der Waals surface area contributed by atoms with E-state index < -0.39 is 27.5 Å². The van der Waals surface area contributed by atoms with Crippen LogP contribution in [0.15, 0.2) is 48.5 Å². The molecular weight excluding hydrogens is 366 g/mol. The van der Waals surface area contributed by atoms with Gasteiger partial charge in [0.25, 0.3) is 0 Å². The number of ether oxygens (including phenoxy) is 1. The molecule has 0 aromatic heterocycles. The summed E-state index contributed by atoms with van der Waals surface area (Å²) in [5, 5.41) is 2.99. The highest BCUT2D eigenvalue weighted by atomic mass is 35.5. The molecule has 0 radical (unpaired) electrons. The number of anilines is 1.